The average Bonchev–Trinajstić information content (AvgIpc) is 2.49. The second kappa shape index (κ2) is 8.81. The highest BCUT2D eigenvalue weighted by Crippen LogP contribution is 2.23. The first-order valence-electron chi connectivity index (χ1n) is 8.79. The van der Waals surface area contributed by atoms with Crippen LogP contribution in [0, 0.1) is 5.92 Å². The molecule has 0 aromatic heterocycles. The Morgan fingerprint density at radius 1 is 1.12 bits per heavy atom. The summed E-state index contributed by atoms with van der Waals surface area (Å²) in [6, 6.07) is 6.95. The van der Waals surface area contributed by atoms with Crippen LogP contribution in [0.5, 0.6) is 0 Å². The Balaban J connectivity index is 2.67. The SMILES string of the molecule is CC(=O)N(CCNS(=O)(=O)c1ccc(C(C)(C)C)cc1)CCC(C)C. The standard InChI is InChI=1S/C19H32N2O3S/c1-15(2)11-13-21(16(3)22)14-12-20-25(23,24)18-9-7-17(8-10-18)19(4,5)6/h7-10,15,20H,11-14H2,1-6H3. The number of amides is 1. The van der Waals surface area contributed by atoms with E-state index in [0.717, 1.165) is 12.0 Å². The number of sulfonamides is 1. The minimum absolute atomic E-state index is 0.0197. The molecule has 0 atom stereocenters. The summed E-state index contributed by atoms with van der Waals surface area (Å²) >= 11 is 0. The van der Waals surface area contributed by atoms with E-state index in [1.807, 2.05) is 12.1 Å². The van der Waals surface area contributed by atoms with Crippen molar-refractivity contribution < 1.29 is 13.2 Å². The predicted octanol–water partition coefficient (Wildman–Crippen LogP) is 3.16. The predicted molar refractivity (Wildman–Crippen MR) is 102 cm³/mol. The molecule has 1 amide bonds. The normalized spacial score (nSPS) is 12.4. The van der Waals surface area contributed by atoms with Gasteiger partial charge in [0.2, 0.25) is 15.9 Å². The summed E-state index contributed by atoms with van der Waals surface area (Å²) in [7, 11) is -3.56. The number of rotatable bonds is 8. The average molecular weight is 369 g/mol. The molecule has 25 heavy (non-hydrogen) atoms. The van der Waals surface area contributed by atoms with Crippen molar-refractivity contribution in [2.75, 3.05) is 19.6 Å². The smallest absolute Gasteiger partial charge is 0.240 e. The van der Waals surface area contributed by atoms with E-state index < -0.39 is 10.0 Å². The molecule has 0 spiro atoms. The fraction of sp³-hybridized carbons (Fsp3) is 0.632. The zero-order chi connectivity index (χ0) is 19.3. The number of benzene rings is 1. The molecule has 0 unspecified atom stereocenters. The summed E-state index contributed by atoms with van der Waals surface area (Å²) in [5.41, 5.74) is 1.07. The molecule has 0 fully saturated rings. The first kappa shape index (κ1) is 21.6. The fourth-order valence-electron chi connectivity index (χ4n) is 2.37. The Labute approximate surface area is 152 Å². The Morgan fingerprint density at radius 3 is 2.12 bits per heavy atom. The van der Waals surface area contributed by atoms with Crippen LogP contribution >= 0.6 is 0 Å². The molecule has 0 saturated heterocycles. The van der Waals surface area contributed by atoms with Gasteiger partial charge in [0.1, 0.15) is 0 Å². The Kier molecular flexibility index (Phi) is 7.62. The van der Waals surface area contributed by atoms with Gasteiger partial charge in [-0.1, -0.05) is 46.8 Å². The molecule has 142 valence electrons. The van der Waals surface area contributed by atoms with E-state index in [-0.39, 0.29) is 22.8 Å². The molecule has 6 heteroatoms. The van der Waals surface area contributed by atoms with Gasteiger partial charge in [0.05, 0.1) is 4.90 Å². The van der Waals surface area contributed by atoms with Crippen LogP contribution in [0.4, 0.5) is 0 Å². The van der Waals surface area contributed by atoms with E-state index in [4.69, 9.17) is 0 Å². The number of nitrogens with zero attached hydrogens (tertiary/aromatic N) is 1. The summed E-state index contributed by atoms with van der Waals surface area (Å²) in [5, 5.41) is 0. The quantitative estimate of drug-likeness (QED) is 0.766. The number of nitrogens with one attached hydrogen (secondary N) is 1. The van der Waals surface area contributed by atoms with Crippen LogP contribution < -0.4 is 4.72 Å². The van der Waals surface area contributed by atoms with Gasteiger partial charge in [-0.15, -0.1) is 0 Å². The van der Waals surface area contributed by atoms with Gasteiger partial charge in [-0.25, -0.2) is 13.1 Å². The van der Waals surface area contributed by atoms with Crippen molar-refractivity contribution in [1.29, 1.82) is 0 Å². The highest BCUT2D eigenvalue weighted by atomic mass is 32.2. The highest BCUT2D eigenvalue weighted by molar-refractivity contribution is 7.89. The highest BCUT2D eigenvalue weighted by Gasteiger charge is 2.18. The van der Waals surface area contributed by atoms with Crippen molar-refractivity contribution in [1.82, 2.24) is 9.62 Å². The minimum Gasteiger partial charge on any atom is -0.342 e. The van der Waals surface area contributed by atoms with Gasteiger partial charge in [0.15, 0.2) is 0 Å². The molecule has 1 aromatic rings. The van der Waals surface area contributed by atoms with Gasteiger partial charge in [-0.05, 0) is 35.4 Å². The summed E-state index contributed by atoms with van der Waals surface area (Å²) in [6.45, 7) is 13.2. The van der Waals surface area contributed by atoms with Crippen LogP contribution in [0.25, 0.3) is 0 Å². The topological polar surface area (TPSA) is 66.5 Å². The molecule has 1 aromatic carbocycles. The minimum atomic E-state index is -3.56. The van der Waals surface area contributed by atoms with Crippen LogP contribution in [-0.4, -0.2) is 38.9 Å². The van der Waals surface area contributed by atoms with Crippen LogP contribution in [0.3, 0.4) is 0 Å². The van der Waals surface area contributed by atoms with E-state index in [1.54, 1.807) is 17.0 Å². The monoisotopic (exact) mass is 368 g/mol. The van der Waals surface area contributed by atoms with E-state index >= 15 is 0 Å². The summed E-state index contributed by atoms with van der Waals surface area (Å²) in [5.74, 6) is 0.467. The van der Waals surface area contributed by atoms with E-state index in [2.05, 4.69) is 39.3 Å². The summed E-state index contributed by atoms with van der Waals surface area (Å²) < 4.78 is 27.4. The van der Waals surface area contributed by atoms with E-state index in [1.165, 1.54) is 6.92 Å². The van der Waals surface area contributed by atoms with Gasteiger partial charge in [0, 0.05) is 26.6 Å². The Morgan fingerprint density at radius 2 is 1.68 bits per heavy atom. The molecule has 0 aliphatic heterocycles. The van der Waals surface area contributed by atoms with Crippen LogP contribution in [0.15, 0.2) is 29.2 Å². The molecule has 0 aliphatic carbocycles. The number of hydrogen-bond acceptors (Lipinski definition) is 3. The van der Waals surface area contributed by atoms with Crippen molar-refractivity contribution in [2.24, 2.45) is 5.92 Å². The van der Waals surface area contributed by atoms with Gasteiger partial charge < -0.3 is 4.90 Å². The third-order valence-corrected chi connectivity index (χ3v) is 5.60. The second-order valence-corrected chi connectivity index (χ2v) is 9.63. The molecule has 1 N–H and O–H groups in total. The maximum Gasteiger partial charge on any atom is 0.240 e. The third kappa shape index (κ3) is 7.16. The molecule has 0 bridgehead atoms. The first-order valence-corrected chi connectivity index (χ1v) is 10.3. The summed E-state index contributed by atoms with van der Waals surface area (Å²) in [4.78, 5) is 13.6. The zero-order valence-electron chi connectivity index (χ0n) is 16.3. The fourth-order valence-corrected chi connectivity index (χ4v) is 3.39. The van der Waals surface area contributed by atoms with Crippen molar-refractivity contribution in [2.45, 2.75) is 58.3 Å². The molecular weight excluding hydrogens is 336 g/mol. The lowest BCUT2D eigenvalue weighted by Gasteiger charge is -2.22. The largest absolute Gasteiger partial charge is 0.342 e. The molecule has 0 radical (unpaired) electrons. The third-order valence-electron chi connectivity index (χ3n) is 4.13. The molecule has 0 heterocycles. The van der Waals surface area contributed by atoms with Crippen molar-refractivity contribution in [3.05, 3.63) is 29.8 Å². The van der Waals surface area contributed by atoms with Crippen LogP contribution in [0.2, 0.25) is 0 Å². The Bertz CT molecular complexity index is 659. The molecule has 0 saturated carbocycles. The number of hydrogen-bond donors (Lipinski definition) is 1. The zero-order valence-corrected chi connectivity index (χ0v) is 17.1. The molecule has 0 aliphatic rings. The van der Waals surface area contributed by atoms with E-state index in [0.29, 0.717) is 19.0 Å². The van der Waals surface area contributed by atoms with Crippen molar-refractivity contribution >= 4 is 15.9 Å². The second-order valence-electron chi connectivity index (χ2n) is 7.86. The first-order chi connectivity index (χ1) is 11.4. The molecular formula is C19H32N2O3S. The van der Waals surface area contributed by atoms with Gasteiger partial charge in [0.25, 0.3) is 0 Å². The van der Waals surface area contributed by atoms with Gasteiger partial charge in [-0.2, -0.15) is 0 Å². The van der Waals surface area contributed by atoms with Crippen LogP contribution in [-0.2, 0) is 20.2 Å². The van der Waals surface area contributed by atoms with Crippen LogP contribution in [0.1, 0.15) is 53.5 Å². The summed E-state index contributed by atoms with van der Waals surface area (Å²) in [6.07, 6.45) is 0.903. The molecule has 1 rings (SSSR count). The maximum absolute atomic E-state index is 12.4. The number of carbonyl (C=O) groups is 1. The lowest BCUT2D eigenvalue weighted by Crippen LogP contribution is -2.38. The maximum atomic E-state index is 12.4. The molecule has 5 nitrogen and oxygen atoms in total. The lowest BCUT2D eigenvalue weighted by molar-refractivity contribution is -0.128. The van der Waals surface area contributed by atoms with E-state index in [9.17, 15) is 13.2 Å². The van der Waals surface area contributed by atoms with Gasteiger partial charge >= 0.3 is 0 Å². The van der Waals surface area contributed by atoms with Crippen molar-refractivity contribution in [3.63, 3.8) is 0 Å². The van der Waals surface area contributed by atoms with Gasteiger partial charge in [-0.3, -0.25) is 4.79 Å². The Hall–Kier alpha value is -1.40. The van der Waals surface area contributed by atoms with Crippen molar-refractivity contribution in [3.8, 4) is 0 Å². The lowest BCUT2D eigenvalue weighted by atomic mass is 9.87. The number of carbonyl (C=O) groups excluding carboxylic acids is 1.